The van der Waals surface area contributed by atoms with Crippen molar-refractivity contribution in [2.24, 2.45) is 5.92 Å². The molecule has 1 heterocycles. The van der Waals surface area contributed by atoms with Crippen molar-refractivity contribution in [1.29, 1.82) is 0 Å². The van der Waals surface area contributed by atoms with Crippen LogP contribution in [0.1, 0.15) is 17.5 Å². The molecule has 0 bridgehead atoms. The van der Waals surface area contributed by atoms with Crippen LogP contribution in [0, 0.1) is 23.6 Å². The number of aliphatic hydroxyl groups excluding tert-OH is 1. The van der Waals surface area contributed by atoms with E-state index in [2.05, 4.69) is 28.7 Å². The normalized spacial score (nSPS) is 18.8. The first-order valence-corrected chi connectivity index (χ1v) is 7.33. The first-order valence-electron chi connectivity index (χ1n) is 7.33. The lowest BCUT2D eigenvalue weighted by Crippen LogP contribution is -2.27. The van der Waals surface area contributed by atoms with E-state index >= 15 is 0 Å². The first-order chi connectivity index (χ1) is 10.1. The van der Waals surface area contributed by atoms with Crippen molar-refractivity contribution in [1.82, 2.24) is 9.80 Å². The molecule has 1 saturated heterocycles. The van der Waals surface area contributed by atoms with Gasteiger partial charge in [-0.25, -0.2) is 4.39 Å². The lowest BCUT2D eigenvalue weighted by molar-refractivity contribution is 0.264. The zero-order valence-corrected chi connectivity index (χ0v) is 12.8. The summed E-state index contributed by atoms with van der Waals surface area (Å²) in [5.74, 6) is 5.70. The molecule has 0 aliphatic carbocycles. The van der Waals surface area contributed by atoms with Crippen LogP contribution in [0.25, 0.3) is 0 Å². The Labute approximate surface area is 126 Å². The van der Waals surface area contributed by atoms with Gasteiger partial charge in [-0.15, -0.1) is 0 Å². The van der Waals surface area contributed by atoms with E-state index in [1.165, 1.54) is 12.5 Å². The Kier molecular flexibility index (Phi) is 5.75. The largest absolute Gasteiger partial charge is 0.384 e. The Morgan fingerprint density at radius 1 is 1.48 bits per heavy atom. The summed E-state index contributed by atoms with van der Waals surface area (Å²) in [5.41, 5.74) is 1.30. The molecule has 2 rings (SSSR count). The van der Waals surface area contributed by atoms with Crippen LogP contribution >= 0.6 is 0 Å². The molecule has 1 atom stereocenters. The van der Waals surface area contributed by atoms with E-state index in [-0.39, 0.29) is 12.4 Å². The maximum atomic E-state index is 14.0. The molecular weight excluding hydrogens is 267 g/mol. The van der Waals surface area contributed by atoms with Crippen LogP contribution in [-0.4, -0.2) is 55.2 Å². The molecule has 1 aliphatic heterocycles. The van der Waals surface area contributed by atoms with Gasteiger partial charge in [-0.1, -0.05) is 17.9 Å². The van der Waals surface area contributed by atoms with Crippen molar-refractivity contribution >= 4 is 0 Å². The van der Waals surface area contributed by atoms with E-state index in [1.807, 2.05) is 7.05 Å². The standard InChI is InChI=1S/C17H23FN2O/c1-19-8-7-15(11-19)12-20(2)13-16-6-5-14(4-3-9-21)10-17(16)18/h5-6,10,15,21H,7-9,11-13H2,1-2H3. The van der Waals surface area contributed by atoms with Gasteiger partial charge in [0.05, 0.1) is 0 Å². The van der Waals surface area contributed by atoms with Crippen LogP contribution in [-0.2, 0) is 6.54 Å². The fraction of sp³-hybridized carbons (Fsp3) is 0.529. The maximum absolute atomic E-state index is 14.0. The van der Waals surface area contributed by atoms with Crippen molar-refractivity contribution < 1.29 is 9.50 Å². The highest BCUT2D eigenvalue weighted by atomic mass is 19.1. The lowest BCUT2D eigenvalue weighted by atomic mass is 10.1. The van der Waals surface area contributed by atoms with Crippen molar-refractivity contribution in [3.05, 3.63) is 35.1 Å². The summed E-state index contributed by atoms with van der Waals surface area (Å²) in [6, 6.07) is 5.03. The molecule has 3 nitrogen and oxygen atoms in total. The highest BCUT2D eigenvalue weighted by Gasteiger charge is 2.21. The zero-order valence-electron chi connectivity index (χ0n) is 12.8. The molecule has 0 radical (unpaired) electrons. The molecule has 1 aromatic carbocycles. The van der Waals surface area contributed by atoms with Crippen LogP contribution in [0.4, 0.5) is 4.39 Å². The molecule has 0 aromatic heterocycles. The number of nitrogens with zero attached hydrogens (tertiary/aromatic N) is 2. The Morgan fingerprint density at radius 3 is 2.90 bits per heavy atom. The van der Waals surface area contributed by atoms with Crippen molar-refractivity contribution in [3.63, 3.8) is 0 Å². The van der Waals surface area contributed by atoms with Gasteiger partial charge in [0.1, 0.15) is 12.4 Å². The average molecular weight is 290 g/mol. The number of halogens is 1. The summed E-state index contributed by atoms with van der Waals surface area (Å²) in [6.07, 6.45) is 1.22. The highest BCUT2D eigenvalue weighted by molar-refractivity contribution is 5.37. The van der Waals surface area contributed by atoms with E-state index < -0.39 is 0 Å². The molecule has 1 fully saturated rings. The van der Waals surface area contributed by atoms with Crippen LogP contribution in [0.2, 0.25) is 0 Å². The predicted molar refractivity (Wildman–Crippen MR) is 82.3 cm³/mol. The second-order valence-corrected chi connectivity index (χ2v) is 5.88. The smallest absolute Gasteiger partial charge is 0.128 e. The third kappa shape index (κ3) is 4.82. The van der Waals surface area contributed by atoms with E-state index in [0.717, 1.165) is 19.6 Å². The topological polar surface area (TPSA) is 26.7 Å². The van der Waals surface area contributed by atoms with Gasteiger partial charge in [0.2, 0.25) is 0 Å². The Hall–Kier alpha value is -1.41. The van der Waals surface area contributed by atoms with Gasteiger partial charge >= 0.3 is 0 Å². The molecule has 0 saturated carbocycles. The number of hydrogen-bond donors (Lipinski definition) is 1. The average Bonchev–Trinajstić information content (AvgIpc) is 2.84. The third-order valence-electron chi connectivity index (χ3n) is 3.86. The predicted octanol–water partition coefficient (Wildman–Crippen LogP) is 1.55. The highest BCUT2D eigenvalue weighted by Crippen LogP contribution is 2.17. The number of hydrogen-bond acceptors (Lipinski definition) is 3. The van der Waals surface area contributed by atoms with Crippen LogP contribution in [0.15, 0.2) is 18.2 Å². The Balaban J connectivity index is 1.92. The minimum Gasteiger partial charge on any atom is -0.384 e. The maximum Gasteiger partial charge on any atom is 0.128 e. The number of likely N-dealkylation sites (tertiary alicyclic amines) is 1. The molecule has 0 spiro atoms. The molecule has 4 heteroatoms. The minimum atomic E-state index is -0.227. The molecule has 1 unspecified atom stereocenters. The summed E-state index contributed by atoms with van der Waals surface area (Å²) in [6.45, 7) is 3.69. The molecule has 1 aromatic rings. The quantitative estimate of drug-likeness (QED) is 0.853. The van der Waals surface area contributed by atoms with Gasteiger partial charge in [0.15, 0.2) is 0 Å². The fourth-order valence-electron chi connectivity index (χ4n) is 2.87. The number of aliphatic hydroxyl groups is 1. The van der Waals surface area contributed by atoms with Crippen molar-refractivity contribution in [3.8, 4) is 11.8 Å². The Bertz CT molecular complexity index is 535. The van der Waals surface area contributed by atoms with Gasteiger partial charge in [0, 0.05) is 30.8 Å². The zero-order chi connectivity index (χ0) is 15.2. The number of rotatable bonds is 4. The van der Waals surface area contributed by atoms with Crippen molar-refractivity contribution in [2.45, 2.75) is 13.0 Å². The van der Waals surface area contributed by atoms with Crippen LogP contribution < -0.4 is 0 Å². The second kappa shape index (κ2) is 7.56. The van der Waals surface area contributed by atoms with E-state index in [1.54, 1.807) is 12.1 Å². The monoisotopic (exact) mass is 290 g/mol. The first kappa shape index (κ1) is 16.0. The Morgan fingerprint density at radius 2 is 2.29 bits per heavy atom. The van der Waals surface area contributed by atoms with Gasteiger partial charge < -0.3 is 14.9 Å². The van der Waals surface area contributed by atoms with E-state index in [4.69, 9.17) is 5.11 Å². The fourth-order valence-corrected chi connectivity index (χ4v) is 2.87. The molecule has 21 heavy (non-hydrogen) atoms. The van der Waals surface area contributed by atoms with E-state index in [9.17, 15) is 4.39 Å². The second-order valence-electron chi connectivity index (χ2n) is 5.88. The summed E-state index contributed by atoms with van der Waals surface area (Å²) in [4.78, 5) is 4.52. The van der Waals surface area contributed by atoms with Crippen LogP contribution in [0.3, 0.4) is 0 Å². The number of benzene rings is 1. The van der Waals surface area contributed by atoms with E-state index in [0.29, 0.717) is 23.6 Å². The summed E-state index contributed by atoms with van der Waals surface area (Å²) in [7, 11) is 4.18. The SMILES string of the molecule is CN1CCC(CN(C)Cc2ccc(C#CCO)cc2F)C1. The van der Waals surface area contributed by atoms with Gasteiger partial charge in [0.25, 0.3) is 0 Å². The molecule has 1 aliphatic rings. The molecular formula is C17H23FN2O. The van der Waals surface area contributed by atoms with Gasteiger partial charge in [-0.3, -0.25) is 0 Å². The lowest BCUT2D eigenvalue weighted by Gasteiger charge is -2.21. The summed E-state index contributed by atoms with van der Waals surface area (Å²) in [5, 5.41) is 8.65. The third-order valence-corrected chi connectivity index (χ3v) is 3.86. The molecule has 1 N–H and O–H groups in total. The van der Waals surface area contributed by atoms with Gasteiger partial charge in [-0.2, -0.15) is 0 Å². The summed E-state index contributed by atoms with van der Waals surface area (Å²) >= 11 is 0. The minimum absolute atomic E-state index is 0.206. The summed E-state index contributed by atoms with van der Waals surface area (Å²) < 4.78 is 14.0. The molecule has 114 valence electrons. The molecule has 0 amide bonds. The van der Waals surface area contributed by atoms with Gasteiger partial charge in [-0.05, 0) is 45.1 Å². The van der Waals surface area contributed by atoms with Crippen molar-refractivity contribution in [2.75, 3.05) is 40.3 Å². The van der Waals surface area contributed by atoms with Crippen LogP contribution in [0.5, 0.6) is 0 Å².